The van der Waals surface area contributed by atoms with Crippen LogP contribution in [-0.4, -0.2) is 35.5 Å². The van der Waals surface area contributed by atoms with Gasteiger partial charge in [0.25, 0.3) is 0 Å². The number of halogens is 9. The minimum atomic E-state index is -5.13. The maximum absolute atomic E-state index is 15.6. The van der Waals surface area contributed by atoms with Crippen LogP contribution < -0.4 is 14.8 Å². The van der Waals surface area contributed by atoms with Gasteiger partial charge < -0.3 is 19.9 Å². The third-order valence-electron chi connectivity index (χ3n) is 4.91. The van der Waals surface area contributed by atoms with Crippen molar-refractivity contribution in [3.63, 3.8) is 0 Å². The van der Waals surface area contributed by atoms with Crippen LogP contribution in [0.15, 0.2) is 60.8 Å². The molecule has 14 heteroatoms. The number of aliphatic hydroxyl groups excluding tert-OH is 1. The number of rotatable bonds is 9. The van der Waals surface area contributed by atoms with Gasteiger partial charge in [0.05, 0.1) is 6.04 Å². The molecule has 37 heavy (non-hydrogen) atoms. The van der Waals surface area contributed by atoms with E-state index in [1.165, 1.54) is 24.3 Å². The molecule has 0 bridgehead atoms. The molecule has 0 aliphatic heterocycles. The quantitative estimate of drug-likeness (QED) is 0.315. The number of benzene rings is 2. The standard InChI is InChI=1S/C23H17F9N2O3/c24-18-14(19(12-4-2-1-3-5-12)34-11-16(35)23(30,31)32)6-7-15(22(27,28)29)20(18)36-13-8-9-33-17(10-13)37-21(25)26/h1-10,16,19,21,34-35H,11H2/t16-,19?/m1/s1. The van der Waals surface area contributed by atoms with Crippen molar-refractivity contribution in [3.8, 4) is 17.4 Å². The van der Waals surface area contributed by atoms with E-state index < -0.39 is 72.0 Å². The van der Waals surface area contributed by atoms with Gasteiger partial charge in [-0.05, 0) is 17.7 Å². The predicted octanol–water partition coefficient (Wildman–Crippen LogP) is 6.24. The molecule has 5 nitrogen and oxygen atoms in total. The second-order valence-corrected chi connectivity index (χ2v) is 7.46. The predicted molar refractivity (Wildman–Crippen MR) is 111 cm³/mol. The fraction of sp³-hybridized carbons (Fsp3) is 0.261. The molecule has 0 saturated carbocycles. The highest BCUT2D eigenvalue weighted by Crippen LogP contribution is 2.43. The van der Waals surface area contributed by atoms with Gasteiger partial charge >= 0.3 is 19.0 Å². The van der Waals surface area contributed by atoms with Crippen LogP contribution >= 0.6 is 0 Å². The number of aromatic nitrogens is 1. The highest BCUT2D eigenvalue weighted by Gasteiger charge is 2.40. The maximum Gasteiger partial charge on any atom is 0.420 e. The molecular formula is C23H17F9N2O3. The Morgan fingerprint density at radius 2 is 1.62 bits per heavy atom. The first-order valence-electron chi connectivity index (χ1n) is 10.3. The summed E-state index contributed by atoms with van der Waals surface area (Å²) in [7, 11) is 0. The monoisotopic (exact) mass is 540 g/mol. The van der Waals surface area contributed by atoms with Crippen molar-refractivity contribution in [2.45, 2.75) is 31.1 Å². The fourth-order valence-electron chi connectivity index (χ4n) is 3.24. The van der Waals surface area contributed by atoms with Crippen molar-refractivity contribution in [1.82, 2.24) is 10.3 Å². The van der Waals surface area contributed by atoms with Crippen molar-refractivity contribution < 1.29 is 54.1 Å². The molecule has 0 aliphatic rings. The highest BCUT2D eigenvalue weighted by molar-refractivity contribution is 5.47. The van der Waals surface area contributed by atoms with Gasteiger partial charge in [0.15, 0.2) is 17.7 Å². The first-order valence-corrected chi connectivity index (χ1v) is 10.3. The van der Waals surface area contributed by atoms with Crippen LogP contribution in [0.4, 0.5) is 39.5 Å². The van der Waals surface area contributed by atoms with E-state index in [-0.39, 0.29) is 5.56 Å². The molecule has 2 aromatic carbocycles. The van der Waals surface area contributed by atoms with Crippen LogP contribution in [0.25, 0.3) is 0 Å². The summed E-state index contributed by atoms with van der Waals surface area (Å²) in [6, 6.07) is 8.62. The van der Waals surface area contributed by atoms with E-state index in [0.717, 1.165) is 12.3 Å². The Hall–Kier alpha value is -3.52. The molecule has 0 fully saturated rings. The summed E-state index contributed by atoms with van der Waals surface area (Å²) in [4.78, 5) is 3.44. The summed E-state index contributed by atoms with van der Waals surface area (Å²) in [5, 5.41) is 11.7. The molecule has 1 unspecified atom stereocenters. The van der Waals surface area contributed by atoms with Gasteiger partial charge in [-0.2, -0.15) is 35.1 Å². The summed E-state index contributed by atoms with van der Waals surface area (Å²) in [5.74, 6) is -4.21. The largest absolute Gasteiger partial charge is 0.453 e. The lowest BCUT2D eigenvalue weighted by atomic mass is 9.96. The zero-order valence-electron chi connectivity index (χ0n) is 18.3. The van der Waals surface area contributed by atoms with Crippen LogP contribution in [0.2, 0.25) is 0 Å². The number of alkyl halides is 8. The number of hydrogen-bond acceptors (Lipinski definition) is 5. The molecule has 3 aromatic rings. The van der Waals surface area contributed by atoms with Gasteiger partial charge in [-0.25, -0.2) is 9.37 Å². The molecule has 2 atom stereocenters. The summed E-state index contributed by atoms with van der Waals surface area (Å²) in [6.07, 6.45) is -12.1. The van der Waals surface area contributed by atoms with Crippen LogP contribution in [-0.2, 0) is 6.18 Å². The number of pyridine rings is 1. The van der Waals surface area contributed by atoms with Gasteiger partial charge in [0.1, 0.15) is 11.3 Å². The Bertz CT molecular complexity index is 1190. The minimum Gasteiger partial charge on any atom is -0.453 e. The Labute approximate surface area is 203 Å². The van der Waals surface area contributed by atoms with E-state index in [4.69, 9.17) is 4.74 Å². The Kier molecular flexibility index (Phi) is 8.53. The average Bonchev–Trinajstić information content (AvgIpc) is 2.80. The Morgan fingerprint density at radius 1 is 0.946 bits per heavy atom. The van der Waals surface area contributed by atoms with E-state index in [1.54, 1.807) is 6.07 Å². The zero-order chi connectivity index (χ0) is 27.4. The first-order chi connectivity index (χ1) is 17.3. The van der Waals surface area contributed by atoms with Gasteiger partial charge in [-0.15, -0.1) is 0 Å². The number of aliphatic hydroxyl groups is 1. The number of nitrogens with zero attached hydrogens (tertiary/aromatic N) is 1. The Morgan fingerprint density at radius 3 is 2.22 bits per heavy atom. The molecule has 3 rings (SSSR count). The van der Waals surface area contributed by atoms with Crippen LogP contribution in [0, 0.1) is 5.82 Å². The van der Waals surface area contributed by atoms with Crippen LogP contribution in [0.5, 0.6) is 17.4 Å². The average molecular weight is 540 g/mol. The van der Waals surface area contributed by atoms with E-state index in [2.05, 4.69) is 15.0 Å². The molecule has 0 saturated heterocycles. The molecule has 2 N–H and O–H groups in total. The topological polar surface area (TPSA) is 63.6 Å². The molecule has 0 aliphatic carbocycles. The van der Waals surface area contributed by atoms with Crippen LogP contribution in [0.1, 0.15) is 22.7 Å². The molecular weight excluding hydrogens is 523 g/mol. The third kappa shape index (κ3) is 7.26. The smallest absolute Gasteiger partial charge is 0.420 e. The van der Waals surface area contributed by atoms with Gasteiger partial charge in [-0.1, -0.05) is 36.4 Å². The van der Waals surface area contributed by atoms with Crippen molar-refractivity contribution in [2.24, 2.45) is 0 Å². The van der Waals surface area contributed by atoms with E-state index in [9.17, 15) is 40.2 Å². The minimum absolute atomic E-state index is 0.165. The van der Waals surface area contributed by atoms with Gasteiger partial charge in [0, 0.05) is 24.4 Å². The van der Waals surface area contributed by atoms with Crippen molar-refractivity contribution in [3.05, 3.63) is 83.3 Å². The van der Waals surface area contributed by atoms with E-state index in [0.29, 0.717) is 18.2 Å². The molecule has 1 aromatic heterocycles. The SMILES string of the molecule is O[C@H](CNC(c1ccccc1)c1ccc(C(F)(F)F)c(Oc2ccnc(OC(F)F)c2)c1F)C(F)(F)F. The molecule has 0 spiro atoms. The normalized spacial score (nSPS) is 13.9. The van der Waals surface area contributed by atoms with E-state index in [1.807, 2.05) is 0 Å². The third-order valence-corrected chi connectivity index (χ3v) is 4.91. The lowest BCUT2D eigenvalue weighted by Gasteiger charge is -2.25. The second-order valence-electron chi connectivity index (χ2n) is 7.46. The summed E-state index contributed by atoms with van der Waals surface area (Å²) in [5.41, 5.74) is -1.95. The molecule has 0 amide bonds. The molecule has 1 heterocycles. The highest BCUT2D eigenvalue weighted by atomic mass is 19.4. The van der Waals surface area contributed by atoms with Gasteiger partial charge in [-0.3, -0.25) is 0 Å². The summed E-state index contributed by atoms with van der Waals surface area (Å²) in [6.45, 7) is -4.42. The fourth-order valence-corrected chi connectivity index (χ4v) is 3.24. The van der Waals surface area contributed by atoms with Crippen molar-refractivity contribution in [2.75, 3.05) is 6.54 Å². The zero-order valence-corrected chi connectivity index (χ0v) is 18.3. The number of ether oxygens (including phenoxy) is 2. The summed E-state index contributed by atoms with van der Waals surface area (Å²) >= 11 is 0. The lowest BCUT2D eigenvalue weighted by molar-refractivity contribution is -0.202. The first kappa shape index (κ1) is 28.1. The molecule has 0 radical (unpaired) electrons. The van der Waals surface area contributed by atoms with E-state index >= 15 is 4.39 Å². The maximum atomic E-state index is 15.6. The van der Waals surface area contributed by atoms with Crippen LogP contribution in [0.3, 0.4) is 0 Å². The van der Waals surface area contributed by atoms with Crippen molar-refractivity contribution in [1.29, 1.82) is 0 Å². The lowest BCUT2D eigenvalue weighted by Crippen LogP contribution is -2.40. The number of nitrogens with one attached hydrogen (secondary N) is 1. The summed E-state index contributed by atoms with van der Waals surface area (Å²) < 4.78 is 129. The Balaban J connectivity index is 2.08. The van der Waals surface area contributed by atoms with Crippen molar-refractivity contribution >= 4 is 0 Å². The second kappa shape index (κ2) is 11.3. The molecule has 200 valence electrons. The van der Waals surface area contributed by atoms with Gasteiger partial charge in [0.2, 0.25) is 5.88 Å². The number of hydrogen-bond donors (Lipinski definition) is 2.